The summed E-state index contributed by atoms with van der Waals surface area (Å²) < 4.78 is 2.20. The van der Waals surface area contributed by atoms with Gasteiger partial charge in [0.1, 0.15) is 5.82 Å². The molecule has 3 aromatic rings. The number of halogens is 1. The fourth-order valence-corrected chi connectivity index (χ4v) is 3.85. The molecule has 0 fully saturated rings. The minimum Gasteiger partial charge on any atom is -0.348 e. The molecule has 2 aromatic heterocycles. The van der Waals surface area contributed by atoms with E-state index in [0.717, 1.165) is 47.2 Å². The first-order valence-corrected chi connectivity index (χ1v) is 10.3. The van der Waals surface area contributed by atoms with Crippen LogP contribution in [-0.2, 0) is 19.4 Å². The Morgan fingerprint density at radius 2 is 2.00 bits per heavy atom. The molecule has 2 heterocycles. The van der Waals surface area contributed by atoms with Crippen molar-refractivity contribution < 1.29 is 4.79 Å². The molecule has 0 unspecified atom stereocenters. The van der Waals surface area contributed by atoms with E-state index in [-0.39, 0.29) is 5.78 Å². The number of H-pyrrole nitrogens is 1. The Labute approximate surface area is 168 Å². The number of rotatable bonds is 8. The molecule has 142 valence electrons. The fraction of sp³-hybridized carbons (Fsp3) is 0.350. The number of aryl methyl sites for hydroxylation is 3. The number of carbonyl (C=O) groups excluding carboxylic acids is 1. The van der Waals surface area contributed by atoms with Crippen LogP contribution in [0.4, 0.5) is 0 Å². The molecule has 0 radical (unpaired) electrons. The number of aromatic nitrogens is 4. The first-order valence-electron chi connectivity index (χ1n) is 8.96. The lowest BCUT2D eigenvalue weighted by Crippen LogP contribution is -2.08. The maximum absolute atomic E-state index is 12.7. The number of hydrogen-bond acceptors (Lipinski definition) is 4. The highest BCUT2D eigenvalue weighted by atomic mass is 35.5. The summed E-state index contributed by atoms with van der Waals surface area (Å²) in [6.45, 7) is 6.90. The van der Waals surface area contributed by atoms with Crippen molar-refractivity contribution in [1.29, 1.82) is 0 Å². The van der Waals surface area contributed by atoms with Crippen molar-refractivity contribution in [3.63, 3.8) is 0 Å². The zero-order valence-electron chi connectivity index (χ0n) is 15.8. The molecule has 5 nitrogen and oxygen atoms in total. The second kappa shape index (κ2) is 8.76. The Kier molecular flexibility index (Phi) is 6.39. The molecular weight excluding hydrogens is 380 g/mol. The zero-order valence-corrected chi connectivity index (χ0v) is 17.3. The second-order valence-electron chi connectivity index (χ2n) is 6.44. The third-order valence-corrected chi connectivity index (χ3v) is 5.69. The summed E-state index contributed by atoms with van der Waals surface area (Å²) in [4.78, 5) is 17.0. The third kappa shape index (κ3) is 4.82. The van der Waals surface area contributed by atoms with Crippen molar-refractivity contribution in [2.24, 2.45) is 0 Å². The van der Waals surface area contributed by atoms with E-state index in [2.05, 4.69) is 19.7 Å². The molecule has 0 saturated heterocycles. The monoisotopic (exact) mass is 402 g/mol. The second-order valence-corrected chi connectivity index (χ2v) is 7.82. The third-order valence-electron chi connectivity index (χ3n) is 4.59. The van der Waals surface area contributed by atoms with Gasteiger partial charge in [-0.2, -0.15) is 0 Å². The first-order chi connectivity index (χ1) is 13.0. The predicted molar refractivity (Wildman–Crippen MR) is 110 cm³/mol. The predicted octanol–water partition coefficient (Wildman–Crippen LogP) is 4.66. The minimum absolute atomic E-state index is 0.105. The molecule has 0 aliphatic carbocycles. The molecule has 1 aromatic carbocycles. The Balaban J connectivity index is 1.64. The average Bonchev–Trinajstić information content (AvgIpc) is 3.24. The Bertz CT molecular complexity index is 930. The summed E-state index contributed by atoms with van der Waals surface area (Å²) in [5.41, 5.74) is 4.12. The zero-order chi connectivity index (χ0) is 19.4. The van der Waals surface area contributed by atoms with Crippen molar-refractivity contribution in [1.82, 2.24) is 19.7 Å². The average molecular weight is 403 g/mol. The van der Waals surface area contributed by atoms with Gasteiger partial charge in [0.25, 0.3) is 0 Å². The molecular formula is C20H23ClN4OS. The maximum Gasteiger partial charge on any atom is 0.208 e. The van der Waals surface area contributed by atoms with E-state index in [4.69, 9.17) is 11.6 Å². The van der Waals surface area contributed by atoms with Crippen LogP contribution in [0.1, 0.15) is 40.1 Å². The van der Waals surface area contributed by atoms with Crippen molar-refractivity contribution in [3.05, 3.63) is 63.7 Å². The van der Waals surface area contributed by atoms with Gasteiger partial charge in [0.15, 0.2) is 5.78 Å². The molecule has 1 N–H and O–H groups in total. The highest BCUT2D eigenvalue weighted by Crippen LogP contribution is 2.21. The summed E-state index contributed by atoms with van der Waals surface area (Å²) in [5.74, 6) is 1.28. The number of nitrogens with one attached hydrogen (secondary N) is 1. The van der Waals surface area contributed by atoms with Gasteiger partial charge in [-0.1, -0.05) is 42.4 Å². The smallest absolute Gasteiger partial charge is 0.208 e. The van der Waals surface area contributed by atoms with Crippen LogP contribution < -0.4 is 0 Å². The van der Waals surface area contributed by atoms with Crippen molar-refractivity contribution in [2.45, 2.75) is 45.3 Å². The van der Waals surface area contributed by atoms with E-state index in [1.54, 1.807) is 0 Å². The van der Waals surface area contributed by atoms with Crippen molar-refractivity contribution in [2.75, 3.05) is 5.75 Å². The van der Waals surface area contributed by atoms with Crippen LogP contribution in [-0.4, -0.2) is 31.3 Å². The molecule has 0 spiro atoms. The van der Waals surface area contributed by atoms with Gasteiger partial charge in [-0.3, -0.25) is 9.89 Å². The quantitative estimate of drug-likeness (QED) is 0.439. The maximum atomic E-state index is 12.7. The van der Waals surface area contributed by atoms with Gasteiger partial charge in [0, 0.05) is 34.9 Å². The van der Waals surface area contributed by atoms with Crippen molar-refractivity contribution in [3.8, 4) is 0 Å². The molecule has 0 aliphatic heterocycles. The number of ketones is 1. The van der Waals surface area contributed by atoms with E-state index in [0.29, 0.717) is 10.9 Å². The lowest BCUT2D eigenvalue weighted by molar-refractivity contribution is 0.102. The molecule has 0 amide bonds. The van der Waals surface area contributed by atoms with E-state index >= 15 is 0 Å². The van der Waals surface area contributed by atoms with Crippen LogP contribution >= 0.6 is 23.4 Å². The normalized spacial score (nSPS) is 11.1. The van der Waals surface area contributed by atoms with Crippen LogP contribution in [0, 0.1) is 13.8 Å². The van der Waals surface area contributed by atoms with Gasteiger partial charge in [0.05, 0.1) is 5.75 Å². The molecule has 27 heavy (non-hydrogen) atoms. The lowest BCUT2D eigenvalue weighted by atomic mass is 10.1. The van der Waals surface area contributed by atoms with Gasteiger partial charge in [-0.05, 0) is 44.0 Å². The van der Waals surface area contributed by atoms with Gasteiger partial charge in [-0.25, -0.2) is 4.98 Å². The fourth-order valence-electron chi connectivity index (χ4n) is 3.03. The number of nitrogens with zero attached hydrogens (tertiary/aromatic N) is 3. The number of carbonyl (C=O) groups is 1. The van der Waals surface area contributed by atoms with Crippen LogP contribution in [0.5, 0.6) is 0 Å². The number of benzene rings is 1. The van der Waals surface area contributed by atoms with Gasteiger partial charge in [0.2, 0.25) is 5.16 Å². The summed E-state index contributed by atoms with van der Waals surface area (Å²) in [7, 11) is 0. The van der Waals surface area contributed by atoms with E-state index in [1.165, 1.54) is 17.3 Å². The highest BCUT2D eigenvalue weighted by Gasteiger charge is 2.17. The largest absolute Gasteiger partial charge is 0.348 e. The topological polar surface area (TPSA) is 63.6 Å². The Morgan fingerprint density at radius 3 is 2.67 bits per heavy atom. The van der Waals surface area contributed by atoms with E-state index < -0.39 is 0 Å². The van der Waals surface area contributed by atoms with Crippen molar-refractivity contribution >= 4 is 29.1 Å². The van der Waals surface area contributed by atoms with Crippen LogP contribution in [0.3, 0.4) is 0 Å². The number of Topliss-reactive ketones (excluding diaryl/α,β-unsaturated/α-hetero) is 1. The molecule has 0 atom stereocenters. The number of hydrogen-bond donors (Lipinski definition) is 1. The molecule has 0 bridgehead atoms. The van der Waals surface area contributed by atoms with E-state index in [9.17, 15) is 4.79 Å². The standard InChI is InChI=1S/C20H23ClN4OS/c1-4-19-22-20(24-23-19)27-12-18(26)17-11-13(2)25(14(17)3)10-9-15-5-7-16(21)8-6-15/h5-8,11H,4,9-10,12H2,1-3H3,(H,22,23,24). The summed E-state index contributed by atoms with van der Waals surface area (Å²) in [6.07, 6.45) is 1.70. The molecule has 0 aliphatic rings. The first kappa shape index (κ1) is 19.7. The SMILES string of the molecule is CCc1nc(SCC(=O)c2cc(C)n(CCc3ccc(Cl)cc3)c2C)n[nH]1. The van der Waals surface area contributed by atoms with E-state index in [1.807, 2.05) is 51.1 Å². The molecule has 0 saturated carbocycles. The number of thioether (sulfide) groups is 1. The summed E-state index contributed by atoms with van der Waals surface area (Å²) in [6, 6.07) is 9.88. The van der Waals surface area contributed by atoms with Crippen LogP contribution in [0.25, 0.3) is 0 Å². The summed E-state index contributed by atoms with van der Waals surface area (Å²) in [5, 5.41) is 8.37. The van der Waals surface area contributed by atoms with Gasteiger partial charge >= 0.3 is 0 Å². The Morgan fingerprint density at radius 1 is 1.26 bits per heavy atom. The minimum atomic E-state index is 0.105. The molecule has 3 rings (SSSR count). The summed E-state index contributed by atoms with van der Waals surface area (Å²) >= 11 is 7.32. The molecule has 7 heteroatoms. The number of aromatic amines is 1. The lowest BCUT2D eigenvalue weighted by Gasteiger charge is -2.10. The van der Waals surface area contributed by atoms with Gasteiger partial charge in [-0.15, -0.1) is 5.10 Å². The van der Waals surface area contributed by atoms with Gasteiger partial charge < -0.3 is 4.57 Å². The van der Waals surface area contributed by atoms with Crippen LogP contribution in [0.15, 0.2) is 35.5 Å². The highest BCUT2D eigenvalue weighted by molar-refractivity contribution is 7.99. The van der Waals surface area contributed by atoms with Crippen LogP contribution in [0.2, 0.25) is 5.02 Å². The Hall–Kier alpha value is -2.05.